The zero-order valence-corrected chi connectivity index (χ0v) is 10.4. The lowest BCUT2D eigenvalue weighted by molar-refractivity contribution is -0.139. The minimum absolute atomic E-state index is 0.0185. The Morgan fingerprint density at radius 2 is 2.06 bits per heavy atom. The van der Waals surface area contributed by atoms with Crippen LogP contribution in [0.4, 0.5) is 0 Å². The number of carbonyl (C=O) groups excluding carboxylic acids is 1. The number of phenolic OH excluding ortho intramolecular Hbond substituents is 1. The fraction of sp³-hybridized carbons (Fsp3) is 0.385. The van der Waals surface area contributed by atoms with Crippen LogP contribution in [-0.4, -0.2) is 28.1 Å². The number of hydrogen-bond acceptors (Lipinski definition) is 3. The fourth-order valence-corrected chi connectivity index (χ4v) is 1.54. The topological polar surface area (TPSA) is 86.6 Å². The van der Waals surface area contributed by atoms with Crippen molar-refractivity contribution in [2.75, 3.05) is 0 Å². The molecule has 1 rings (SSSR count). The highest BCUT2D eigenvalue weighted by atomic mass is 16.4. The minimum atomic E-state index is -1.05. The van der Waals surface area contributed by atoms with Gasteiger partial charge in [0.2, 0.25) is 0 Å². The average molecular weight is 251 g/mol. The summed E-state index contributed by atoms with van der Waals surface area (Å²) in [5, 5.41) is 20.9. The van der Waals surface area contributed by atoms with E-state index in [4.69, 9.17) is 5.11 Å². The molecular formula is C13H17NO4. The molecule has 0 spiro atoms. The van der Waals surface area contributed by atoms with Gasteiger partial charge in [-0.1, -0.05) is 19.4 Å². The molecule has 0 aliphatic carbocycles. The number of rotatable bonds is 5. The molecule has 5 heteroatoms. The van der Waals surface area contributed by atoms with Crippen LogP contribution in [0.15, 0.2) is 18.2 Å². The summed E-state index contributed by atoms with van der Waals surface area (Å²) in [6.07, 6.45) is 1.04. The molecule has 0 saturated carbocycles. The van der Waals surface area contributed by atoms with Crippen LogP contribution in [0.2, 0.25) is 0 Å². The van der Waals surface area contributed by atoms with Gasteiger partial charge >= 0.3 is 5.97 Å². The van der Waals surface area contributed by atoms with E-state index in [0.29, 0.717) is 18.4 Å². The molecule has 1 aromatic carbocycles. The molecule has 1 atom stereocenters. The highest BCUT2D eigenvalue weighted by molar-refractivity contribution is 5.97. The predicted octanol–water partition coefficient (Wildman–Crippen LogP) is 1.68. The number of hydrogen-bond donors (Lipinski definition) is 3. The lowest BCUT2D eigenvalue weighted by atomic mass is 10.1. The van der Waals surface area contributed by atoms with E-state index in [1.54, 1.807) is 19.1 Å². The first-order valence-corrected chi connectivity index (χ1v) is 5.79. The van der Waals surface area contributed by atoms with Gasteiger partial charge in [0.1, 0.15) is 11.8 Å². The second kappa shape index (κ2) is 6.05. The summed E-state index contributed by atoms with van der Waals surface area (Å²) in [6, 6.07) is 3.59. The Kier molecular flexibility index (Phi) is 4.71. The van der Waals surface area contributed by atoms with Gasteiger partial charge in [-0.15, -0.1) is 0 Å². The van der Waals surface area contributed by atoms with Crippen LogP contribution < -0.4 is 5.32 Å². The zero-order chi connectivity index (χ0) is 13.7. The Hall–Kier alpha value is -2.04. The third-order valence-electron chi connectivity index (χ3n) is 2.65. The van der Waals surface area contributed by atoms with Crippen molar-refractivity contribution >= 4 is 11.9 Å². The quantitative estimate of drug-likeness (QED) is 0.743. The first-order valence-electron chi connectivity index (χ1n) is 5.79. The van der Waals surface area contributed by atoms with E-state index < -0.39 is 17.9 Å². The Morgan fingerprint density at radius 1 is 1.39 bits per heavy atom. The van der Waals surface area contributed by atoms with Gasteiger partial charge in [-0.05, 0) is 31.0 Å². The Bertz CT molecular complexity index is 456. The maximum Gasteiger partial charge on any atom is 0.326 e. The molecule has 5 nitrogen and oxygen atoms in total. The van der Waals surface area contributed by atoms with Crippen LogP contribution in [0.1, 0.15) is 35.7 Å². The van der Waals surface area contributed by atoms with E-state index in [1.807, 2.05) is 6.92 Å². The Balaban J connectivity index is 2.80. The first-order chi connectivity index (χ1) is 8.45. The minimum Gasteiger partial charge on any atom is -0.508 e. The predicted molar refractivity (Wildman–Crippen MR) is 66.6 cm³/mol. The van der Waals surface area contributed by atoms with Crippen molar-refractivity contribution < 1.29 is 19.8 Å². The molecule has 0 aromatic heterocycles. The molecular weight excluding hydrogens is 234 g/mol. The van der Waals surface area contributed by atoms with Crippen molar-refractivity contribution in [3.63, 3.8) is 0 Å². The molecule has 0 radical (unpaired) electrons. The smallest absolute Gasteiger partial charge is 0.326 e. The molecule has 18 heavy (non-hydrogen) atoms. The molecule has 1 amide bonds. The number of carbonyl (C=O) groups is 2. The van der Waals surface area contributed by atoms with Crippen molar-refractivity contribution in [3.8, 4) is 5.75 Å². The zero-order valence-electron chi connectivity index (χ0n) is 10.4. The molecule has 0 fully saturated rings. The average Bonchev–Trinajstić information content (AvgIpc) is 2.31. The van der Waals surface area contributed by atoms with Gasteiger partial charge in [-0.25, -0.2) is 4.79 Å². The SMILES string of the molecule is CCC[C@@H](NC(=O)c1ccc(C)c(O)c1)C(=O)O. The van der Waals surface area contributed by atoms with Gasteiger partial charge in [0.15, 0.2) is 0 Å². The molecule has 1 aromatic rings. The molecule has 0 unspecified atom stereocenters. The summed E-state index contributed by atoms with van der Waals surface area (Å²) in [4.78, 5) is 22.7. The van der Waals surface area contributed by atoms with Gasteiger partial charge in [-0.3, -0.25) is 4.79 Å². The van der Waals surface area contributed by atoms with Gasteiger partial charge in [0.05, 0.1) is 0 Å². The second-order valence-electron chi connectivity index (χ2n) is 4.15. The molecule has 0 heterocycles. The molecule has 0 saturated heterocycles. The summed E-state index contributed by atoms with van der Waals surface area (Å²) in [6.45, 7) is 3.56. The highest BCUT2D eigenvalue weighted by Crippen LogP contribution is 2.17. The Labute approximate surface area is 105 Å². The van der Waals surface area contributed by atoms with Crippen molar-refractivity contribution in [1.82, 2.24) is 5.32 Å². The third-order valence-corrected chi connectivity index (χ3v) is 2.65. The molecule has 98 valence electrons. The summed E-state index contributed by atoms with van der Waals surface area (Å²) in [7, 11) is 0. The van der Waals surface area contributed by atoms with E-state index in [-0.39, 0.29) is 11.3 Å². The number of aryl methyl sites for hydroxylation is 1. The highest BCUT2D eigenvalue weighted by Gasteiger charge is 2.19. The largest absolute Gasteiger partial charge is 0.508 e. The standard InChI is InChI=1S/C13H17NO4/c1-3-4-10(13(17)18)14-12(16)9-6-5-8(2)11(15)7-9/h5-7,10,15H,3-4H2,1-2H3,(H,14,16)(H,17,18)/t10-/m1/s1. The van der Waals surface area contributed by atoms with E-state index in [9.17, 15) is 14.7 Å². The van der Waals surface area contributed by atoms with E-state index in [2.05, 4.69) is 5.32 Å². The number of carboxylic acid groups (broad SMARTS) is 1. The monoisotopic (exact) mass is 251 g/mol. The second-order valence-corrected chi connectivity index (χ2v) is 4.15. The molecule has 0 aliphatic rings. The summed E-state index contributed by atoms with van der Waals surface area (Å²) in [5.74, 6) is -1.53. The van der Waals surface area contributed by atoms with Crippen molar-refractivity contribution in [2.45, 2.75) is 32.7 Å². The van der Waals surface area contributed by atoms with Crippen LogP contribution in [0, 0.1) is 6.92 Å². The van der Waals surface area contributed by atoms with Gasteiger partial charge in [0.25, 0.3) is 5.91 Å². The van der Waals surface area contributed by atoms with Gasteiger partial charge in [-0.2, -0.15) is 0 Å². The third kappa shape index (κ3) is 3.48. The summed E-state index contributed by atoms with van der Waals surface area (Å²) < 4.78 is 0. The first kappa shape index (κ1) is 14.0. The summed E-state index contributed by atoms with van der Waals surface area (Å²) >= 11 is 0. The van der Waals surface area contributed by atoms with E-state index in [0.717, 1.165) is 0 Å². The summed E-state index contributed by atoms with van der Waals surface area (Å²) in [5.41, 5.74) is 0.912. The van der Waals surface area contributed by atoms with Crippen LogP contribution in [0.3, 0.4) is 0 Å². The number of amides is 1. The number of phenols is 1. The number of benzene rings is 1. The van der Waals surface area contributed by atoms with Gasteiger partial charge < -0.3 is 15.5 Å². The van der Waals surface area contributed by atoms with E-state index in [1.165, 1.54) is 6.07 Å². The number of nitrogens with one attached hydrogen (secondary N) is 1. The normalized spacial score (nSPS) is 11.9. The molecule has 3 N–H and O–H groups in total. The van der Waals surface area contributed by atoms with Crippen LogP contribution in [0.25, 0.3) is 0 Å². The molecule has 0 bridgehead atoms. The number of aromatic hydroxyl groups is 1. The maximum absolute atomic E-state index is 11.8. The lowest BCUT2D eigenvalue weighted by Crippen LogP contribution is -2.40. The van der Waals surface area contributed by atoms with Gasteiger partial charge in [0, 0.05) is 5.56 Å². The molecule has 0 aliphatic heterocycles. The maximum atomic E-state index is 11.8. The van der Waals surface area contributed by atoms with Crippen molar-refractivity contribution in [1.29, 1.82) is 0 Å². The number of aliphatic carboxylic acids is 1. The van der Waals surface area contributed by atoms with Crippen molar-refractivity contribution in [3.05, 3.63) is 29.3 Å². The Morgan fingerprint density at radius 3 is 2.56 bits per heavy atom. The van der Waals surface area contributed by atoms with Crippen LogP contribution in [-0.2, 0) is 4.79 Å². The van der Waals surface area contributed by atoms with E-state index >= 15 is 0 Å². The lowest BCUT2D eigenvalue weighted by Gasteiger charge is -2.13. The fourth-order valence-electron chi connectivity index (χ4n) is 1.54. The van der Waals surface area contributed by atoms with Crippen LogP contribution >= 0.6 is 0 Å². The van der Waals surface area contributed by atoms with Crippen LogP contribution in [0.5, 0.6) is 5.75 Å². The van der Waals surface area contributed by atoms with Crippen molar-refractivity contribution in [2.24, 2.45) is 0 Å². The number of carboxylic acids is 1.